The van der Waals surface area contributed by atoms with Gasteiger partial charge in [-0.25, -0.2) is 0 Å². The molecule has 1 amide bonds. The second-order valence-corrected chi connectivity index (χ2v) is 6.79. The molecule has 5 heteroatoms. The molecular formula is C21H19ClN2O2. The molecule has 0 unspecified atom stereocenters. The second-order valence-electron chi connectivity index (χ2n) is 6.35. The Balaban J connectivity index is 1.56. The van der Waals surface area contributed by atoms with Crippen LogP contribution >= 0.6 is 11.6 Å². The molecule has 2 aromatic carbocycles. The summed E-state index contributed by atoms with van der Waals surface area (Å²) in [5, 5.41) is 1.85. The van der Waals surface area contributed by atoms with Crippen molar-refractivity contribution in [1.82, 2.24) is 9.88 Å². The van der Waals surface area contributed by atoms with Gasteiger partial charge in [-0.15, -0.1) is 0 Å². The molecule has 26 heavy (non-hydrogen) atoms. The van der Waals surface area contributed by atoms with Crippen LogP contribution in [0.25, 0.3) is 16.5 Å². The summed E-state index contributed by atoms with van der Waals surface area (Å²) in [6.45, 7) is 1.29. The Kier molecular flexibility index (Phi) is 4.43. The lowest BCUT2D eigenvalue weighted by Crippen LogP contribution is -2.34. The van der Waals surface area contributed by atoms with Crippen LogP contribution in [-0.4, -0.2) is 36.0 Å². The smallest absolute Gasteiger partial charge is 0.254 e. The molecule has 1 N–H and O–H groups in total. The molecule has 2 heterocycles. The highest BCUT2D eigenvalue weighted by Gasteiger charge is 2.21. The Morgan fingerprint density at radius 3 is 2.88 bits per heavy atom. The minimum Gasteiger partial charge on any atom is -0.497 e. The monoisotopic (exact) mass is 366 g/mol. The summed E-state index contributed by atoms with van der Waals surface area (Å²) in [5.41, 5.74) is 4.13. The lowest BCUT2D eigenvalue weighted by molar-refractivity contribution is 0.0772. The molecule has 1 aliphatic rings. The number of aromatic amines is 1. The fourth-order valence-electron chi connectivity index (χ4n) is 3.40. The van der Waals surface area contributed by atoms with Crippen LogP contribution in [0.1, 0.15) is 22.3 Å². The minimum atomic E-state index is 0.0289. The van der Waals surface area contributed by atoms with Crippen molar-refractivity contribution in [3.63, 3.8) is 0 Å². The van der Waals surface area contributed by atoms with E-state index in [1.54, 1.807) is 13.2 Å². The molecule has 0 bridgehead atoms. The molecule has 0 fully saturated rings. The van der Waals surface area contributed by atoms with Crippen LogP contribution in [0, 0.1) is 0 Å². The van der Waals surface area contributed by atoms with E-state index in [1.807, 2.05) is 47.5 Å². The first-order valence-electron chi connectivity index (χ1n) is 8.55. The maximum atomic E-state index is 12.7. The van der Waals surface area contributed by atoms with E-state index in [4.69, 9.17) is 16.3 Å². The van der Waals surface area contributed by atoms with E-state index in [0.29, 0.717) is 24.4 Å². The molecule has 0 saturated carbocycles. The third-order valence-electron chi connectivity index (χ3n) is 4.80. The van der Waals surface area contributed by atoms with E-state index in [1.165, 1.54) is 5.57 Å². The van der Waals surface area contributed by atoms with E-state index in [-0.39, 0.29) is 5.91 Å². The number of carbonyl (C=O) groups excluding carboxylic acids is 1. The summed E-state index contributed by atoms with van der Waals surface area (Å²) >= 11 is 6.15. The van der Waals surface area contributed by atoms with Crippen LogP contribution in [0.2, 0.25) is 5.02 Å². The van der Waals surface area contributed by atoms with Gasteiger partial charge in [0.05, 0.1) is 7.11 Å². The van der Waals surface area contributed by atoms with Crippen molar-refractivity contribution in [3.05, 3.63) is 70.9 Å². The van der Waals surface area contributed by atoms with Gasteiger partial charge in [0.1, 0.15) is 5.75 Å². The first-order chi connectivity index (χ1) is 12.7. The van der Waals surface area contributed by atoms with Crippen molar-refractivity contribution in [2.75, 3.05) is 20.2 Å². The fraction of sp³-hybridized carbons (Fsp3) is 0.190. The number of H-pyrrole nitrogens is 1. The van der Waals surface area contributed by atoms with Crippen LogP contribution in [-0.2, 0) is 0 Å². The molecule has 0 spiro atoms. The lowest BCUT2D eigenvalue weighted by Gasteiger charge is -2.26. The van der Waals surface area contributed by atoms with E-state index in [9.17, 15) is 4.79 Å². The number of aromatic nitrogens is 1. The van der Waals surface area contributed by atoms with Crippen molar-refractivity contribution >= 4 is 34.0 Å². The number of carbonyl (C=O) groups is 1. The molecule has 4 rings (SSSR count). The standard InChI is InChI=1S/C21H19ClN2O2/c1-26-17-4-2-3-15(11-17)21(25)24-9-7-14(8-10-24)19-13-23-20-6-5-16(22)12-18(19)20/h2-7,11-13,23H,8-10H2,1H3. The number of nitrogens with zero attached hydrogens (tertiary/aromatic N) is 1. The maximum absolute atomic E-state index is 12.7. The molecule has 132 valence electrons. The zero-order valence-electron chi connectivity index (χ0n) is 14.5. The van der Waals surface area contributed by atoms with Gasteiger partial charge in [-0.1, -0.05) is 23.7 Å². The van der Waals surface area contributed by atoms with Gasteiger partial charge >= 0.3 is 0 Å². The number of ether oxygens (including phenoxy) is 1. The highest BCUT2D eigenvalue weighted by molar-refractivity contribution is 6.31. The van der Waals surface area contributed by atoms with Gasteiger partial charge in [0.2, 0.25) is 0 Å². The first-order valence-corrected chi connectivity index (χ1v) is 8.93. The van der Waals surface area contributed by atoms with Gasteiger partial charge in [0.25, 0.3) is 5.91 Å². The lowest BCUT2D eigenvalue weighted by atomic mass is 9.98. The number of fused-ring (bicyclic) bond motifs is 1. The third-order valence-corrected chi connectivity index (χ3v) is 5.04. The molecule has 0 atom stereocenters. The molecule has 1 aliphatic heterocycles. The zero-order valence-corrected chi connectivity index (χ0v) is 15.2. The van der Waals surface area contributed by atoms with E-state index in [0.717, 1.165) is 27.9 Å². The predicted molar refractivity (Wildman–Crippen MR) is 105 cm³/mol. The summed E-state index contributed by atoms with van der Waals surface area (Å²) in [6.07, 6.45) is 4.96. The molecule has 3 aromatic rings. The molecule has 4 nitrogen and oxygen atoms in total. The van der Waals surface area contributed by atoms with Crippen molar-refractivity contribution in [3.8, 4) is 5.75 Å². The van der Waals surface area contributed by atoms with Gasteiger partial charge in [0.15, 0.2) is 0 Å². The highest BCUT2D eigenvalue weighted by atomic mass is 35.5. The number of hydrogen-bond donors (Lipinski definition) is 1. The summed E-state index contributed by atoms with van der Waals surface area (Å²) < 4.78 is 5.21. The molecule has 0 radical (unpaired) electrons. The number of hydrogen-bond acceptors (Lipinski definition) is 2. The largest absolute Gasteiger partial charge is 0.497 e. The molecule has 1 aromatic heterocycles. The van der Waals surface area contributed by atoms with Gasteiger partial charge in [-0.05, 0) is 48.4 Å². The van der Waals surface area contributed by atoms with Crippen molar-refractivity contribution in [1.29, 1.82) is 0 Å². The average molecular weight is 367 g/mol. The zero-order chi connectivity index (χ0) is 18.1. The van der Waals surface area contributed by atoms with Crippen LogP contribution in [0.3, 0.4) is 0 Å². The van der Waals surface area contributed by atoms with E-state index < -0.39 is 0 Å². The quantitative estimate of drug-likeness (QED) is 0.726. The number of amides is 1. The first kappa shape index (κ1) is 16.7. The third kappa shape index (κ3) is 3.08. The highest BCUT2D eigenvalue weighted by Crippen LogP contribution is 2.31. The molecule has 0 saturated heterocycles. The number of benzene rings is 2. The van der Waals surface area contributed by atoms with Crippen molar-refractivity contribution in [2.24, 2.45) is 0 Å². The summed E-state index contributed by atoms with van der Waals surface area (Å²) in [5.74, 6) is 0.723. The van der Waals surface area contributed by atoms with Crippen LogP contribution < -0.4 is 4.74 Å². The number of nitrogens with one attached hydrogen (secondary N) is 1. The van der Waals surface area contributed by atoms with Gasteiger partial charge in [-0.2, -0.15) is 0 Å². The van der Waals surface area contributed by atoms with Gasteiger partial charge < -0.3 is 14.6 Å². The normalized spacial score (nSPS) is 14.4. The van der Waals surface area contributed by atoms with E-state index >= 15 is 0 Å². The Labute approximate surface area is 157 Å². The average Bonchev–Trinajstić information content (AvgIpc) is 3.10. The van der Waals surface area contributed by atoms with Crippen LogP contribution in [0.4, 0.5) is 0 Å². The number of rotatable bonds is 3. The summed E-state index contributed by atoms with van der Waals surface area (Å²) in [7, 11) is 1.60. The minimum absolute atomic E-state index is 0.0289. The van der Waals surface area contributed by atoms with Crippen molar-refractivity contribution in [2.45, 2.75) is 6.42 Å². The van der Waals surface area contributed by atoms with E-state index in [2.05, 4.69) is 11.1 Å². The van der Waals surface area contributed by atoms with Crippen LogP contribution in [0.15, 0.2) is 54.7 Å². The second kappa shape index (κ2) is 6.89. The summed E-state index contributed by atoms with van der Waals surface area (Å²) in [6, 6.07) is 13.1. The Morgan fingerprint density at radius 1 is 1.23 bits per heavy atom. The predicted octanol–water partition coefficient (Wildman–Crippen LogP) is 4.76. The van der Waals surface area contributed by atoms with Crippen molar-refractivity contribution < 1.29 is 9.53 Å². The maximum Gasteiger partial charge on any atom is 0.254 e. The number of halogens is 1. The summed E-state index contributed by atoms with van der Waals surface area (Å²) in [4.78, 5) is 17.9. The Morgan fingerprint density at radius 2 is 2.12 bits per heavy atom. The Hall–Kier alpha value is -2.72. The van der Waals surface area contributed by atoms with Crippen LogP contribution in [0.5, 0.6) is 5.75 Å². The topological polar surface area (TPSA) is 45.3 Å². The molecular weight excluding hydrogens is 348 g/mol. The Bertz CT molecular complexity index is 1010. The molecule has 0 aliphatic carbocycles. The van der Waals surface area contributed by atoms with Gasteiger partial charge in [-0.3, -0.25) is 4.79 Å². The SMILES string of the molecule is COc1cccc(C(=O)N2CC=C(c3c[nH]c4ccc(Cl)cc34)CC2)c1. The number of methoxy groups -OCH3 is 1. The van der Waals surface area contributed by atoms with Gasteiger partial charge in [0, 0.05) is 46.3 Å². The fourth-order valence-corrected chi connectivity index (χ4v) is 3.57.